The van der Waals surface area contributed by atoms with Crippen molar-refractivity contribution < 1.29 is 19.2 Å². The highest BCUT2D eigenvalue weighted by Gasteiger charge is 2.14. The number of carbonyl (C=O) groups excluding carboxylic acids is 2. The molecule has 0 atom stereocenters. The Morgan fingerprint density at radius 1 is 1.26 bits per heavy atom. The van der Waals surface area contributed by atoms with E-state index in [-0.39, 0.29) is 18.0 Å². The number of hydrogen-bond acceptors (Lipinski definition) is 6. The number of halogens is 1. The third-order valence-corrected chi connectivity index (χ3v) is 3.85. The third-order valence-electron chi connectivity index (χ3n) is 3.32. The van der Waals surface area contributed by atoms with E-state index in [1.165, 1.54) is 25.5 Å². The van der Waals surface area contributed by atoms with Crippen LogP contribution in [-0.2, 0) is 4.79 Å². The van der Waals surface area contributed by atoms with E-state index in [4.69, 9.17) is 4.74 Å². The molecule has 0 spiro atoms. The predicted molar refractivity (Wildman–Crippen MR) is 102 cm³/mol. The van der Waals surface area contributed by atoms with Gasteiger partial charge in [-0.15, -0.1) is 0 Å². The summed E-state index contributed by atoms with van der Waals surface area (Å²) in [6.45, 7) is -0.269. The molecule has 0 saturated carbocycles. The molecule has 2 N–H and O–H groups in total. The first kappa shape index (κ1) is 20.0. The molecule has 0 bridgehead atoms. The van der Waals surface area contributed by atoms with Crippen LogP contribution in [0.2, 0.25) is 0 Å². The van der Waals surface area contributed by atoms with E-state index in [0.29, 0.717) is 11.1 Å². The average Bonchev–Trinajstić information content (AvgIpc) is 2.66. The molecule has 0 radical (unpaired) electrons. The highest BCUT2D eigenvalue weighted by molar-refractivity contribution is 9.10. The van der Waals surface area contributed by atoms with E-state index in [2.05, 4.69) is 31.8 Å². The van der Waals surface area contributed by atoms with E-state index in [9.17, 15) is 19.7 Å². The summed E-state index contributed by atoms with van der Waals surface area (Å²) in [5.74, 6) is -0.816. The van der Waals surface area contributed by atoms with E-state index in [1.54, 1.807) is 30.3 Å². The molecule has 2 aromatic carbocycles. The number of nitrogens with one attached hydrogen (secondary N) is 2. The molecule has 0 aromatic heterocycles. The van der Waals surface area contributed by atoms with Crippen molar-refractivity contribution in [2.24, 2.45) is 5.10 Å². The molecule has 0 unspecified atom stereocenters. The fourth-order valence-corrected chi connectivity index (χ4v) is 2.28. The number of nitrogens with zero attached hydrogens (tertiary/aromatic N) is 2. The van der Waals surface area contributed by atoms with Gasteiger partial charge in [-0.3, -0.25) is 19.7 Å². The monoisotopic (exact) mass is 434 g/mol. The van der Waals surface area contributed by atoms with Crippen molar-refractivity contribution >= 4 is 39.6 Å². The molecular weight excluding hydrogens is 420 g/mol. The van der Waals surface area contributed by atoms with Gasteiger partial charge in [0.15, 0.2) is 5.75 Å². The van der Waals surface area contributed by atoms with Crippen molar-refractivity contribution in [3.63, 3.8) is 0 Å². The number of rotatable bonds is 7. The first-order valence-corrected chi connectivity index (χ1v) is 8.38. The van der Waals surface area contributed by atoms with Crippen LogP contribution in [0.5, 0.6) is 5.75 Å². The molecule has 9 nitrogen and oxygen atoms in total. The second-order valence-corrected chi connectivity index (χ2v) is 6.09. The van der Waals surface area contributed by atoms with E-state index >= 15 is 0 Å². The maximum Gasteiger partial charge on any atom is 0.311 e. The molecule has 2 aromatic rings. The topological polar surface area (TPSA) is 123 Å². The zero-order valence-corrected chi connectivity index (χ0v) is 15.7. The first-order chi connectivity index (χ1) is 12.9. The Hall–Kier alpha value is -3.27. The van der Waals surface area contributed by atoms with Crippen molar-refractivity contribution in [2.75, 3.05) is 13.7 Å². The zero-order chi connectivity index (χ0) is 19.8. The van der Waals surface area contributed by atoms with Crippen molar-refractivity contribution in [1.29, 1.82) is 0 Å². The van der Waals surface area contributed by atoms with Gasteiger partial charge in [-0.2, -0.15) is 5.10 Å². The molecule has 0 aliphatic rings. The SMILES string of the molecule is COc1ccc(/C=N/NC(=O)CNC(=O)c2ccc(Br)cc2)cc1[N+](=O)[O-]. The van der Waals surface area contributed by atoms with Gasteiger partial charge in [-0.25, -0.2) is 5.43 Å². The zero-order valence-electron chi connectivity index (χ0n) is 14.1. The quantitative estimate of drug-likeness (QED) is 0.392. The Balaban J connectivity index is 1.88. The number of methoxy groups -OCH3 is 1. The van der Waals surface area contributed by atoms with E-state index in [1.807, 2.05) is 0 Å². The molecule has 0 aliphatic carbocycles. The van der Waals surface area contributed by atoms with Gasteiger partial charge in [0.05, 0.1) is 24.8 Å². The average molecular weight is 435 g/mol. The van der Waals surface area contributed by atoms with E-state index < -0.39 is 16.7 Å². The molecule has 27 heavy (non-hydrogen) atoms. The number of ether oxygens (including phenoxy) is 1. The minimum absolute atomic E-state index is 0.122. The lowest BCUT2D eigenvalue weighted by molar-refractivity contribution is -0.385. The van der Waals surface area contributed by atoms with Crippen LogP contribution < -0.4 is 15.5 Å². The Morgan fingerprint density at radius 2 is 1.96 bits per heavy atom. The van der Waals surface area contributed by atoms with Crippen LogP contribution in [0.4, 0.5) is 5.69 Å². The summed E-state index contributed by atoms with van der Waals surface area (Å²) in [6, 6.07) is 10.9. The number of nitro groups is 1. The maximum absolute atomic E-state index is 11.9. The molecule has 0 fully saturated rings. The number of amides is 2. The van der Waals surface area contributed by atoms with Gasteiger partial charge in [-0.1, -0.05) is 15.9 Å². The van der Waals surface area contributed by atoms with Gasteiger partial charge >= 0.3 is 5.69 Å². The molecule has 140 valence electrons. The summed E-state index contributed by atoms with van der Waals surface area (Å²) in [4.78, 5) is 34.0. The van der Waals surface area contributed by atoms with Crippen LogP contribution >= 0.6 is 15.9 Å². The lowest BCUT2D eigenvalue weighted by Crippen LogP contribution is -2.34. The highest BCUT2D eigenvalue weighted by atomic mass is 79.9. The van der Waals surface area contributed by atoms with Crippen molar-refractivity contribution in [3.8, 4) is 5.75 Å². The largest absolute Gasteiger partial charge is 0.490 e. The lowest BCUT2D eigenvalue weighted by atomic mass is 10.2. The fraction of sp³-hybridized carbons (Fsp3) is 0.118. The molecule has 2 rings (SSSR count). The van der Waals surface area contributed by atoms with Crippen LogP contribution in [0.15, 0.2) is 52.0 Å². The van der Waals surface area contributed by atoms with Crippen molar-refractivity contribution in [1.82, 2.24) is 10.7 Å². The smallest absolute Gasteiger partial charge is 0.311 e. The van der Waals surface area contributed by atoms with Crippen LogP contribution in [0, 0.1) is 10.1 Å². The number of hydrogen-bond donors (Lipinski definition) is 2. The van der Waals surface area contributed by atoms with Crippen LogP contribution in [-0.4, -0.2) is 36.6 Å². The molecule has 0 aliphatic heterocycles. The standard InChI is InChI=1S/C17H15BrN4O5/c1-27-15-7-2-11(8-14(15)22(25)26)9-20-21-16(23)10-19-17(24)12-3-5-13(18)6-4-12/h2-9H,10H2,1H3,(H,19,24)(H,21,23)/b20-9+. The van der Waals surface area contributed by atoms with Gasteiger partial charge in [0, 0.05) is 21.7 Å². The minimum Gasteiger partial charge on any atom is -0.490 e. The van der Waals surface area contributed by atoms with Crippen molar-refractivity contribution in [2.45, 2.75) is 0 Å². The third kappa shape index (κ3) is 5.89. The summed E-state index contributed by atoms with van der Waals surface area (Å²) in [5, 5.41) is 17.1. The van der Waals surface area contributed by atoms with Crippen molar-refractivity contribution in [3.05, 3.63) is 68.2 Å². The summed E-state index contributed by atoms with van der Waals surface area (Å²) >= 11 is 3.27. The molecule has 10 heteroatoms. The second kappa shape index (κ2) is 9.43. The summed E-state index contributed by atoms with van der Waals surface area (Å²) in [5.41, 5.74) is 2.84. The highest BCUT2D eigenvalue weighted by Crippen LogP contribution is 2.26. The number of nitro benzene ring substituents is 1. The second-order valence-electron chi connectivity index (χ2n) is 5.17. The predicted octanol–water partition coefficient (Wildman–Crippen LogP) is 2.25. The Morgan fingerprint density at radius 3 is 2.59 bits per heavy atom. The Kier molecular flexibility index (Phi) is 7.00. The van der Waals surface area contributed by atoms with Gasteiger partial charge in [-0.05, 0) is 36.4 Å². The van der Waals surface area contributed by atoms with Crippen LogP contribution in [0.1, 0.15) is 15.9 Å². The maximum atomic E-state index is 11.9. The number of carbonyl (C=O) groups is 2. The van der Waals surface area contributed by atoms with Gasteiger partial charge in [0.2, 0.25) is 0 Å². The first-order valence-electron chi connectivity index (χ1n) is 7.59. The summed E-state index contributed by atoms with van der Waals surface area (Å²) in [7, 11) is 1.33. The van der Waals surface area contributed by atoms with Crippen LogP contribution in [0.25, 0.3) is 0 Å². The minimum atomic E-state index is -0.577. The summed E-state index contributed by atoms with van der Waals surface area (Å²) < 4.78 is 5.74. The molecule has 0 saturated heterocycles. The van der Waals surface area contributed by atoms with Gasteiger partial charge < -0.3 is 10.1 Å². The summed E-state index contributed by atoms with van der Waals surface area (Å²) in [6.07, 6.45) is 1.25. The molecular formula is C17H15BrN4O5. The van der Waals surface area contributed by atoms with Gasteiger partial charge in [0.1, 0.15) is 0 Å². The lowest BCUT2D eigenvalue weighted by Gasteiger charge is -2.04. The number of hydrazone groups is 1. The van der Waals surface area contributed by atoms with Gasteiger partial charge in [0.25, 0.3) is 11.8 Å². The van der Waals surface area contributed by atoms with Crippen LogP contribution in [0.3, 0.4) is 0 Å². The Bertz CT molecular complexity index is 883. The normalized spacial score (nSPS) is 10.4. The molecule has 2 amide bonds. The number of benzene rings is 2. The molecule has 0 heterocycles. The van der Waals surface area contributed by atoms with E-state index in [0.717, 1.165) is 4.47 Å². The Labute approximate surface area is 162 Å². The fourth-order valence-electron chi connectivity index (χ4n) is 2.01.